The zero-order valence-corrected chi connectivity index (χ0v) is 12.8. The minimum atomic E-state index is -0.885. The van der Waals surface area contributed by atoms with Crippen LogP contribution in [0.2, 0.25) is 0 Å². The SMILES string of the molecule is CCC(CC)(CC)CNC(=O)N(C)CC(C)C(=O)O. The highest BCUT2D eigenvalue weighted by Gasteiger charge is 2.25. The van der Waals surface area contributed by atoms with Crippen LogP contribution < -0.4 is 5.32 Å². The summed E-state index contributed by atoms with van der Waals surface area (Å²) < 4.78 is 0. The fourth-order valence-electron chi connectivity index (χ4n) is 2.09. The molecule has 0 aromatic carbocycles. The van der Waals surface area contributed by atoms with Crippen molar-refractivity contribution in [2.45, 2.75) is 47.0 Å². The molecule has 0 aliphatic rings. The Labute approximate surface area is 116 Å². The first-order chi connectivity index (χ1) is 8.81. The van der Waals surface area contributed by atoms with E-state index in [0.717, 1.165) is 19.3 Å². The molecule has 0 saturated heterocycles. The molecule has 0 radical (unpaired) electrons. The van der Waals surface area contributed by atoms with Crippen molar-refractivity contribution in [3.8, 4) is 0 Å². The third kappa shape index (κ3) is 5.49. The summed E-state index contributed by atoms with van der Waals surface area (Å²) in [5.74, 6) is -1.44. The van der Waals surface area contributed by atoms with E-state index in [1.807, 2.05) is 0 Å². The van der Waals surface area contributed by atoms with Crippen molar-refractivity contribution in [1.29, 1.82) is 0 Å². The Bertz CT molecular complexity index is 293. The van der Waals surface area contributed by atoms with E-state index < -0.39 is 11.9 Å². The molecule has 2 N–H and O–H groups in total. The third-order valence-corrected chi connectivity index (χ3v) is 4.18. The van der Waals surface area contributed by atoms with Gasteiger partial charge in [0.25, 0.3) is 0 Å². The first-order valence-corrected chi connectivity index (χ1v) is 7.03. The van der Waals surface area contributed by atoms with E-state index in [1.165, 1.54) is 4.90 Å². The number of nitrogens with zero attached hydrogens (tertiary/aromatic N) is 1. The molecule has 0 spiro atoms. The number of carboxylic acids is 1. The van der Waals surface area contributed by atoms with Crippen LogP contribution in [0.1, 0.15) is 47.0 Å². The predicted molar refractivity (Wildman–Crippen MR) is 76.1 cm³/mol. The van der Waals surface area contributed by atoms with Crippen LogP contribution in [-0.2, 0) is 4.79 Å². The van der Waals surface area contributed by atoms with E-state index in [4.69, 9.17) is 5.11 Å². The maximum absolute atomic E-state index is 11.9. The molecule has 0 saturated carbocycles. The Kier molecular flexibility index (Phi) is 7.49. The summed E-state index contributed by atoms with van der Waals surface area (Å²) in [6.07, 6.45) is 3.07. The smallest absolute Gasteiger partial charge is 0.317 e. The van der Waals surface area contributed by atoms with E-state index in [0.29, 0.717) is 6.54 Å². The quantitative estimate of drug-likeness (QED) is 0.713. The number of hydrogen-bond acceptors (Lipinski definition) is 2. The molecule has 0 aromatic rings. The van der Waals surface area contributed by atoms with Crippen LogP contribution in [0.25, 0.3) is 0 Å². The van der Waals surface area contributed by atoms with Gasteiger partial charge in [0.15, 0.2) is 0 Å². The Morgan fingerprint density at radius 3 is 2.05 bits per heavy atom. The van der Waals surface area contributed by atoms with Gasteiger partial charge in [0.05, 0.1) is 5.92 Å². The third-order valence-electron chi connectivity index (χ3n) is 4.18. The highest BCUT2D eigenvalue weighted by atomic mass is 16.4. The van der Waals surface area contributed by atoms with E-state index in [2.05, 4.69) is 26.1 Å². The van der Waals surface area contributed by atoms with Crippen molar-refractivity contribution >= 4 is 12.0 Å². The summed E-state index contributed by atoms with van der Waals surface area (Å²) in [5, 5.41) is 11.7. The Morgan fingerprint density at radius 2 is 1.68 bits per heavy atom. The standard InChI is InChI=1S/C14H28N2O3/c1-6-14(7-2,8-3)10-15-13(19)16(5)9-11(4)12(17)18/h11H,6-10H2,1-5H3,(H,15,19)(H,17,18). The van der Waals surface area contributed by atoms with Gasteiger partial charge in [-0.1, -0.05) is 27.7 Å². The molecule has 112 valence electrons. The number of hydrogen-bond donors (Lipinski definition) is 2. The lowest BCUT2D eigenvalue weighted by molar-refractivity contribution is -0.141. The molecule has 1 unspecified atom stereocenters. The van der Waals surface area contributed by atoms with E-state index in [1.54, 1.807) is 14.0 Å². The van der Waals surface area contributed by atoms with Crippen LogP contribution in [-0.4, -0.2) is 42.1 Å². The number of rotatable bonds is 8. The molecular formula is C14H28N2O3. The van der Waals surface area contributed by atoms with Gasteiger partial charge >= 0.3 is 12.0 Å². The van der Waals surface area contributed by atoms with Crippen LogP contribution in [0.3, 0.4) is 0 Å². The highest BCUT2D eigenvalue weighted by molar-refractivity contribution is 5.75. The van der Waals surface area contributed by atoms with Crippen LogP contribution >= 0.6 is 0 Å². The van der Waals surface area contributed by atoms with Crippen molar-refractivity contribution in [1.82, 2.24) is 10.2 Å². The number of carbonyl (C=O) groups is 2. The number of amides is 2. The summed E-state index contributed by atoms with van der Waals surface area (Å²) >= 11 is 0. The van der Waals surface area contributed by atoms with Gasteiger partial charge in [-0.05, 0) is 24.7 Å². The van der Waals surface area contributed by atoms with Crippen molar-refractivity contribution in [3.05, 3.63) is 0 Å². The lowest BCUT2D eigenvalue weighted by Gasteiger charge is -2.31. The molecule has 0 bridgehead atoms. The minimum absolute atomic E-state index is 0.148. The molecule has 0 aliphatic heterocycles. The van der Waals surface area contributed by atoms with Gasteiger partial charge in [-0.15, -0.1) is 0 Å². The first-order valence-electron chi connectivity index (χ1n) is 7.03. The second-order valence-corrected chi connectivity index (χ2v) is 5.34. The molecule has 0 aliphatic carbocycles. The maximum atomic E-state index is 11.9. The number of carboxylic acid groups (broad SMARTS) is 1. The van der Waals surface area contributed by atoms with Gasteiger partial charge in [0.2, 0.25) is 0 Å². The van der Waals surface area contributed by atoms with Crippen LogP contribution in [0.5, 0.6) is 0 Å². The van der Waals surface area contributed by atoms with Gasteiger partial charge < -0.3 is 15.3 Å². The summed E-state index contributed by atoms with van der Waals surface area (Å²) in [7, 11) is 1.63. The number of carbonyl (C=O) groups excluding carboxylic acids is 1. The summed E-state index contributed by atoms with van der Waals surface area (Å²) in [6.45, 7) is 8.86. The van der Waals surface area contributed by atoms with E-state index >= 15 is 0 Å². The fraction of sp³-hybridized carbons (Fsp3) is 0.857. The molecule has 0 heterocycles. The number of nitrogens with one attached hydrogen (secondary N) is 1. The maximum Gasteiger partial charge on any atom is 0.317 e. The van der Waals surface area contributed by atoms with Gasteiger partial charge in [-0.25, -0.2) is 4.79 Å². The van der Waals surface area contributed by atoms with Crippen molar-refractivity contribution in [2.24, 2.45) is 11.3 Å². The van der Waals surface area contributed by atoms with Crippen molar-refractivity contribution in [2.75, 3.05) is 20.1 Å². The average Bonchev–Trinajstić information content (AvgIpc) is 2.40. The molecule has 5 heteroatoms. The number of urea groups is 1. The summed E-state index contributed by atoms with van der Waals surface area (Å²) in [5.41, 5.74) is 0.148. The van der Waals surface area contributed by atoms with Crippen LogP contribution in [0.4, 0.5) is 4.79 Å². The van der Waals surface area contributed by atoms with Crippen molar-refractivity contribution < 1.29 is 14.7 Å². The first kappa shape index (κ1) is 17.7. The molecule has 0 fully saturated rings. The second-order valence-electron chi connectivity index (χ2n) is 5.34. The minimum Gasteiger partial charge on any atom is -0.481 e. The molecule has 0 aromatic heterocycles. The van der Waals surface area contributed by atoms with E-state index in [-0.39, 0.29) is 18.0 Å². The van der Waals surface area contributed by atoms with Crippen molar-refractivity contribution in [3.63, 3.8) is 0 Å². The lowest BCUT2D eigenvalue weighted by atomic mass is 9.80. The van der Waals surface area contributed by atoms with Gasteiger partial charge in [0.1, 0.15) is 0 Å². The normalized spacial score (nSPS) is 12.9. The Hall–Kier alpha value is -1.26. The Balaban J connectivity index is 4.34. The van der Waals surface area contributed by atoms with Crippen LogP contribution in [0, 0.1) is 11.3 Å². The number of aliphatic carboxylic acids is 1. The molecule has 5 nitrogen and oxygen atoms in total. The predicted octanol–water partition coefficient (Wildman–Crippen LogP) is 2.56. The van der Waals surface area contributed by atoms with E-state index in [9.17, 15) is 9.59 Å². The van der Waals surface area contributed by atoms with Gasteiger partial charge in [-0.2, -0.15) is 0 Å². The average molecular weight is 272 g/mol. The highest BCUT2D eigenvalue weighted by Crippen LogP contribution is 2.29. The van der Waals surface area contributed by atoms with Crippen LogP contribution in [0.15, 0.2) is 0 Å². The zero-order chi connectivity index (χ0) is 15.1. The monoisotopic (exact) mass is 272 g/mol. The lowest BCUT2D eigenvalue weighted by Crippen LogP contribution is -2.44. The summed E-state index contributed by atoms with van der Waals surface area (Å²) in [6, 6.07) is -0.201. The Morgan fingerprint density at radius 1 is 1.21 bits per heavy atom. The largest absolute Gasteiger partial charge is 0.481 e. The second kappa shape index (κ2) is 8.02. The summed E-state index contributed by atoms with van der Waals surface area (Å²) in [4.78, 5) is 24.1. The topological polar surface area (TPSA) is 69.6 Å². The molecule has 1 atom stereocenters. The molecular weight excluding hydrogens is 244 g/mol. The zero-order valence-electron chi connectivity index (χ0n) is 12.8. The molecule has 19 heavy (non-hydrogen) atoms. The van der Waals surface area contributed by atoms with Gasteiger partial charge in [-0.3, -0.25) is 4.79 Å². The fourth-order valence-corrected chi connectivity index (χ4v) is 2.09. The molecule has 0 rings (SSSR count). The molecule has 2 amide bonds. The van der Waals surface area contributed by atoms with Gasteiger partial charge in [0, 0.05) is 20.1 Å².